The van der Waals surface area contributed by atoms with Crippen LogP contribution in [0.4, 0.5) is 11.5 Å². The number of aryl methyl sites for hydroxylation is 2. The standard InChI is InChI=1S/C23H21BrN4O3/c1-13-6-5-7-14(2)21(13)27-23-22(26-19-8-3-4-9-28(19)23)20-16(24)10-15(29)11-17(20)31-12-18(25)30/h3-11,27,29H,12H2,1-2H3,(H2,25,30). The predicted octanol–water partition coefficient (Wildman–Crippen LogP) is 4.69. The number of amides is 1. The van der Waals surface area contributed by atoms with Crippen LogP contribution in [0.1, 0.15) is 11.1 Å². The molecule has 7 nitrogen and oxygen atoms in total. The van der Waals surface area contributed by atoms with Crippen molar-refractivity contribution in [3.05, 3.63) is 70.3 Å². The highest BCUT2D eigenvalue weighted by Crippen LogP contribution is 2.43. The van der Waals surface area contributed by atoms with Crippen LogP contribution in [-0.2, 0) is 4.79 Å². The van der Waals surface area contributed by atoms with Crippen molar-refractivity contribution in [3.63, 3.8) is 0 Å². The number of halogens is 1. The van der Waals surface area contributed by atoms with Gasteiger partial charge in [0.2, 0.25) is 0 Å². The molecule has 0 saturated heterocycles. The average molecular weight is 481 g/mol. The number of fused-ring (bicyclic) bond motifs is 1. The number of imidazole rings is 1. The van der Waals surface area contributed by atoms with Crippen molar-refractivity contribution < 1.29 is 14.6 Å². The molecule has 31 heavy (non-hydrogen) atoms. The Hall–Kier alpha value is -3.52. The number of nitrogens with zero attached hydrogens (tertiary/aromatic N) is 2. The molecule has 0 aliphatic rings. The third-order valence-electron chi connectivity index (χ3n) is 4.90. The second-order valence-corrected chi connectivity index (χ2v) is 8.04. The second-order valence-electron chi connectivity index (χ2n) is 7.19. The van der Waals surface area contributed by atoms with Crippen molar-refractivity contribution in [1.82, 2.24) is 9.38 Å². The minimum atomic E-state index is -0.616. The first-order valence-electron chi connectivity index (χ1n) is 9.59. The Balaban J connectivity index is 1.95. The molecule has 2 aromatic heterocycles. The Morgan fingerprint density at radius 2 is 1.94 bits per heavy atom. The van der Waals surface area contributed by atoms with E-state index in [1.54, 1.807) is 6.07 Å². The Bertz CT molecular complexity index is 1280. The van der Waals surface area contributed by atoms with Gasteiger partial charge in [0.25, 0.3) is 5.91 Å². The third-order valence-corrected chi connectivity index (χ3v) is 5.53. The summed E-state index contributed by atoms with van der Waals surface area (Å²) in [6.45, 7) is 3.75. The molecule has 0 aliphatic heterocycles. The highest BCUT2D eigenvalue weighted by atomic mass is 79.9. The fraction of sp³-hybridized carbons (Fsp3) is 0.130. The zero-order valence-corrected chi connectivity index (χ0v) is 18.6. The molecular formula is C23H21BrN4O3. The number of benzene rings is 2. The number of nitrogens with one attached hydrogen (secondary N) is 1. The lowest BCUT2D eigenvalue weighted by atomic mass is 10.1. The molecule has 4 N–H and O–H groups in total. The van der Waals surface area contributed by atoms with E-state index in [1.165, 1.54) is 6.07 Å². The lowest BCUT2D eigenvalue weighted by Gasteiger charge is -2.16. The van der Waals surface area contributed by atoms with Crippen LogP contribution < -0.4 is 15.8 Å². The molecule has 0 aliphatic carbocycles. The minimum Gasteiger partial charge on any atom is -0.508 e. The first-order valence-corrected chi connectivity index (χ1v) is 10.4. The zero-order valence-electron chi connectivity index (χ0n) is 17.0. The van der Waals surface area contributed by atoms with Gasteiger partial charge in [0.05, 0.1) is 5.56 Å². The van der Waals surface area contributed by atoms with Gasteiger partial charge in [0.1, 0.15) is 28.7 Å². The van der Waals surface area contributed by atoms with E-state index in [1.807, 2.05) is 60.8 Å². The number of para-hydroxylation sites is 1. The summed E-state index contributed by atoms with van der Waals surface area (Å²) in [5.74, 6) is 0.388. The SMILES string of the molecule is Cc1cccc(C)c1Nc1c(-c2c(Br)cc(O)cc2OCC(N)=O)nc2ccccn12. The van der Waals surface area contributed by atoms with E-state index >= 15 is 0 Å². The lowest BCUT2D eigenvalue weighted by Crippen LogP contribution is -2.20. The molecule has 4 rings (SSSR count). The molecule has 2 aromatic carbocycles. The average Bonchev–Trinajstić information content (AvgIpc) is 3.06. The number of nitrogens with two attached hydrogens (primary N) is 1. The van der Waals surface area contributed by atoms with Gasteiger partial charge >= 0.3 is 0 Å². The second kappa shape index (κ2) is 8.31. The first-order chi connectivity index (χ1) is 14.8. The summed E-state index contributed by atoms with van der Waals surface area (Å²) in [6, 6.07) is 14.8. The fourth-order valence-electron chi connectivity index (χ4n) is 3.48. The van der Waals surface area contributed by atoms with Gasteiger partial charge in [-0.25, -0.2) is 4.98 Å². The molecule has 1 amide bonds. The van der Waals surface area contributed by atoms with Crippen molar-refractivity contribution in [2.24, 2.45) is 5.73 Å². The molecular weight excluding hydrogens is 460 g/mol. The van der Waals surface area contributed by atoms with E-state index in [9.17, 15) is 9.90 Å². The van der Waals surface area contributed by atoms with Crippen LogP contribution in [-0.4, -0.2) is 27.0 Å². The molecule has 0 atom stereocenters. The fourth-order valence-corrected chi connectivity index (χ4v) is 4.10. The van der Waals surface area contributed by atoms with E-state index in [0.29, 0.717) is 21.5 Å². The Labute approximate surface area is 187 Å². The molecule has 0 spiro atoms. The van der Waals surface area contributed by atoms with E-state index in [0.717, 1.165) is 28.3 Å². The summed E-state index contributed by atoms with van der Waals surface area (Å²) in [5.41, 5.74) is 10.3. The number of carbonyl (C=O) groups is 1. The van der Waals surface area contributed by atoms with Crippen molar-refractivity contribution in [1.29, 1.82) is 0 Å². The van der Waals surface area contributed by atoms with E-state index in [4.69, 9.17) is 15.5 Å². The van der Waals surface area contributed by atoms with Gasteiger partial charge in [-0.3, -0.25) is 9.20 Å². The zero-order chi connectivity index (χ0) is 22.1. The number of aromatic nitrogens is 2. The first kappa shape index (κ1) is 20.7. The van der Waals surface area contributed by atoms with E-state index < -0.39 is 5.91 Å². The number of primary amides is 1. The number of phenolic OH excluding ortho intramolecular Hbond substituents is 1. The van der Waals surface area contributed by atoms with Crippen molar-refractivity contribution in [2.45, 2.75) is 13.8 Å². The predicted molar refractivity (Wildman–Crippen MR) is 124 cm³/mol. The number of rotatable bonds is 6. The van der Waals surface area contributed by atoms with Gasteiger partial charge in [-0.1, -0.05) is 24.3 Å². The van der Waals surface area contributed by atoms with E-state index in [-0.39, 0.29) is 12.4 Å². The summed E-state index contributed by atoms with van der Waals surface area (Å²) in [5, 5.41) is 13.6. The Morgan fingerprint density at radius 1 is 1.19 bits per heavy atom. The number of carbonyl (C=O) groups excluding carboxylic acids is 1. The quantitative estimate of drug-likeness (QED) is 0.371. The van der Waals surface area contributed by atoms with Crippen molar-refractivity contribution in [3.8, 4) is 22.8 Å². The number of hydrogen-bond donors (Lipinski definition) is 3. The van der Waals surface area contributed by atoms with Crippen LogP contribution in [0.3, 0.4) is 0 Å². The van der Waals surface area contributed by atoms with Gasteiger partial charge in [-0.2, -0.15) is 0 Å². The van der Waals surface area contributed by atoms with Crippen LogP contribution in [0.25, 0.3) is 16.9 Å². The summed E-state index contributed by atoms with van der Waals surface area (Å²) in [4.78, 5) is 16.1. The number of aromatic hydroxyl groups is 1. The number of pyridine rings is 1. The summed E-state index contributed by atoms with van der Waals surface area (Å²) in [6.07, 6.45) is 1.92. The largest absolute Gasteiger partial charge is 0.508 e. The van der Waals surface area contributed by atoms with Gasteiger partial charge in [-0.15, -0.1) is 0 Å². The Morgan fingerprint density at radius 3 is 2.65 bits per heavy atom. The molecule has 4 aromatic rings. The Kier molecular flexibility index (Phi) is 5.56. The highest BCUT2D eigenvalue weighted by molar-refractivity contribution is 9.10. The topological polar surface area (TPSA) is 102 Å². The maximum absolute atomic E-state index is 11.3. The molecule has 8 heteroatoms. The summed E-state index contributed by atoms with van der Waals surface area (Å²) < 4.78 is 8.13. The molecule has 0 saturated carbocycles. The smallest absolute Gasteiger partial charge is 0.255 e. The van der Waals surface area contributed by atoms with Crippen molar-refractivity contribution in [2.75, 3.05) is 11.9 Å². The summed E-state index contributed by atoms with van der Waals surface area (Å²) >= 11 is 3.51. The van der Waals surface area contributed by atoms with Crippen LogP contribution in [0.15, 0.2) is 59.2 Å². The van der Waals surface area contributed by atoms with Gasteiger partial charge in [0.15, 0.2) is 6.61 Å². The third kappa shape index (κ3) is 4.06. The van der Waals surface area contributed by atoms with Gasteiger partial charge < -0.3 is 20.9 Å². The minimum absolute atomic E-state index is 0.0110. The molecule has 2 heterocycles. The van der Waals surface area contributed by atoms with Crippen LogP contribution in [0, 0.1) is 13.8 Å². The van der Waals surface area contributed by atoms with Gasteiger partial charge in [-0.05, 0) is 59.1 Å². The highest BCUT2D eigenvalue weighted by Gasteiger charge is 2.22. The molecule has 0 radical (unpaired) electrons. The van der Waals surface area contributed by atoms with Crippen LogP contribution in [0.2, 0.25) is 0 Å². The summed E-state index contributed by atoms with van der Waals surface area (Å²) in [7, 11) is 0. The number of anilines is 2. The lowest BCUT2D eigenvalue weighted by molar-refractivity contribution is -0.119. The molecule has 0 bridgehead atoms. The van der Waals surface area contributed by atoms with Crippen LogP contribution in [0.5, 0.6) is 11.5 Å². The van der Waals surface area contributed by atoms with Crippen molar-refractivity contribution >= 4 is 39.0 Å². The maximum atomic E-state index is 11.3. The van der Waals surface area contributed by atoms with Crippen LogP contribution >= 0.6 is 15.9 Å². The van der Waals surface area contributed by atoms with E-state index in [2.05, 4.69) is 21.2 Å². The number of hydrogen-bond acceptors (Lipinski definition) is 5. The number of phenols is 1. The maximum Gasteiger partial charge on any atom is 0.255 e. The van der Waals surface area contributed by atoms with Gasteiger partial charge in [0, 0.05) is 22.4 Å². The molecule has 158 valence electrons. The molecule has 0 fully saturated rings. The number of ether oxygens (including phenoxy) is 1. The normalized spacial score (nSPS) is 10.9. The molecule has 0 unspecified atom stereocenters. The monoisotopic (exact) mass is 480 g/mol.